The standard InChI is InChI=1S/C22H28N6O/c1-26-9-11-27(12-10-26)19(13-16-7-8-16)21-24-20-18(14-23-25-20)22(29)28(21)15-17-5-3-2-4-6-17/h2-6,14,16,19H,7-13,15H2,1H3,(H,23,25). The zero-order chi connectivity index (χ0) is 19.8. The predicted molar refractivity (Wildman–Crippen MR) is 113 cm³/mol. The van der Waals surface area contributed by atoms with Crippen LogP contribution in [0.4, 0.5) is 0 Å². The highest BCUT2D eigenvalue weighted by molar-refractivity contribution is 5.72. The Labute approximate surface area is 170 Å². The van der Waals surface area contributed by atoms with Gasteiger partial charge in [0.1, 0.15) is 11.2 Å². The first-order chi connectivity index (χ1) is 14.2. The summed E-state index contributed by atoms with van der Waals surface area (Å²) in [6, 6.07) is 10.4. The summed E-state index contributed by atoms with van der Waals surface area (Å²) >= 11 is 0. The lowest BCUT2D eigenvalue weighted by molar-refractivity contribution is 0.0971. The third kappa shape index (κ3) is 3.84. The number of H-pyrrole nitrogens is 1. The molecule has 1 aliphatic carbocycles. The van der Waals surface area contributed by atoms with E-state index in [2.05, 4.69) is 39.2 Å². The number of aromatic amines is 1. The summed E-state index contributed by atoms with van der Waals surface area (Å²) < 4.78 is 1.89. The Morgan fingerprint density at radius 2 is 1.90 bits per heavy atom. The lowest BCUT2D eigenvalue weighted by Gasteiger charge is -2.38. The van der Waals surface area contributed by atoms with E-state index in [-0.39, 0.29) is 11.6 Å². The molecule has 1 aromatic carbocycles. The molecule has 5 rings (SSSR count). The number of piperazine rings is 1. The second-order valence-electron chi connectivity index (χ2n) is 8.51. The van der Waals surface area contributed by atoms with Crippen molar-refractivity contribution >= 4 is 11.0 Å². The van der Waals surface area contributed by atoms with Gasteiger partial charge in [0.15, 0.2) is 5.65 Å². The minimum atomic E-state index is -0.00229. The fourth-order valence-corrected chi connectivity index (χ4v) is 4.34. The van der Waals surface area contributed by atoms with Crippen LogP contribution in [-0.2, 0) is 6.54 Å². The van der Waals surface area contributed by atoms with Gasteiger partial charge in [0.05, 0.1) is 18.8 Å². The lowest BCUT2D eigenvalue weighted by Crippen LogP contribution is -2.47. The number of hydrogen-bond donors (Lipinski definition) is 1. The average Bonchev–Trinajstić information content (AvgIpc) is 3.44. The molecule has 0 spiro atoms. The number of nitrogens with one attached hydrogen (secondary N) is 1. The van der Waals surface area contributed by atoms with E-state index in [1.807, 2.05) is 22.8 Å². The van der Waals surface area contributed by atoms with Gasteiger partial charge in [-0.05, 0) is 24.9 Å². The molecule has 7 heteroatoms. The third-order valence-corrected chi connectivity index (χ3v) is 6.31. The number of benzene rings is 1. The zero-order valence-corrected chi connectivity index (χ0v) is 16.9. The molecule has 152 valence electrons. The maximum Gasteiger partial charge on any atom is 0.265 e. The minimum Gasteiger partial charge on any atom is -0.304 e. The van der Waals surface area contributed by atoms with Crippen molar-refractivity contribution in [1.29, 1.82) is 0 Å². The highest BCUT2D eigenvalue weighted by Crippen LogP contribution is 2.40. The number of hydrogen-bond acceptors (Lipinski definition) is 5. The van der Waals surface area contributed by atoms with E-state index in [1.54, 1.807) is 6.20 Å². The van der Waals surface area contributed by atoms with Crippen molar-refractivity contribution in [2.45, 2.75) is 31.8 Å². The van der Waals surface area contributed by atoms with E-state index < -0.39 is 0 Å². The van der Waals surface area contributed by atoms with Crippen molar-refractivity contribution in [3.8, 4) is 0 Å². The lowest BCUT2D eigenvalue weighted by atomic mass is 10.1. The third-order valence-electron chi connectivity index (χ3n) is 6.31. The van der Waals surface area contributed by atoms with Crippen LogP contribution in [0.15, 0.2) is 41.3 Å². The summed E-state index contributed by atoms with van der Waals surface area (Å²) in [5.74, 6) is 1.63. The molecular weight excluding hydrogens is 364 g/mol. The number of nitrogens with zero attached hydrogens (tertiary/aromatic N) is 5. The fraction of sp³-hybridized carbons (Fsp3) is 0.500. The Morgan fingerprint density at radius 3 is 2.62 bits per heavy atom. The van der Waals surface area contributed by atoms with Crippen LogP contribution in [0.2, 0.25) is 0 Å². The van der Waals surface area contributed by atoms with Gasteiger partial charge >= 0.3 is 0 Å². The maximum atomic E-state index is 13.4. The molecule has 0 bridgehead atoms. The van der Waals surface area contributed by atoms with Gasteiger partial charge in [-0.25, -0.2) is 4.98 Å². The molecular formula is C22H28N6O. The smallest absolute Gasteiger partial charge is 0.265 e. The second kappa shape index (κ2) is 7.72. The van der Waals surface area contributed by atoms with Crippen molar-refractivity contribution in [2.24, 2.45) is 5.92 Å². The van der Waals surface area contributed by atoms with Crippen LogP contribution < -0.4 is 5.56 Å². The normalized spacial score (nSPS) is 19.6. The quantitative estimate of drug-likeness (QED) is 0.697. The van der Waals surface area contributed by atoms with Gasteiger partial charge in [-0.15, -0.1) is 0 Å². The molecule has 1 saturated carbocycles. The van der Waals surface area contributed by atoms with E-state index in [0.29, 0.717) is 17.6 Å². The molecule has 2 aromatic heterocycles. The molecule has 1 unspecified atom stereocenters. The Hall–Kier alpha value is -2.51. The van der Waals surface area contributed by atoms with Crippen molar-refractivity contribution in [2.75, 3.05) is 33.2 Å². The van der Waals surface area contributed by atoms with Gasteiger partial charge in [0.2, 0.25) is 0 Å². The Kier molecular flexibility index (Phi) is 4.93. The molecule has 0 amide bonds. The molecule has 1 saturated heterocycles. The van der Waals surface area contributed by atoms with E-state index in [4.69, 9.17) is 4.98 Å². The topological polar surface area (TPSA) is 70.1 Å². The van der Waals surface area contributed by atoms with Crippen molar-refractivity contribution in [3.63, 3.8) is 0 Å². The molecule has 3 heterocycles. The highest BCUT2D eigenvalue weighted by atomic mass is 16.1. The zero-order valence-electron chi connectivity index (χ0n) is 16.9. The molecule has 29 heavy (non-hydrogen) atoms. The molecule has 1 atom stereocenters. The molecule has 1 N–H and O–H groups in total. The monoisotopic (exact) mass is 392 g/mol. The summed E-state index contributed by atoms with van der Waals surface area (Å²) in [6.45, 7) is 4.66. The van der Waals surface area contributed by atoms with Gasteiger partial charge in [-0.2, -0.15) is 5.10 Å². The van der Waals surface area contributed by atoms with Crippen LogP contribution in [0.5, 0.6) is 0 Å². The number of fused-ring (bicyclic) bond motifs is 1. The van der Waals surface area contributed by atoms with Gasteiger partial charge in [-0.1, -0.05) is 43.2 Å². The summed E-state index contributed by atoms with van der Waals surface area (Å²) in [5.41, 5.74) is 1.71. The van der Waals surface area contributed by atoms with Crippen LogP contribution in [0, 0.1) is 5.92 Å². The second-order valence-corrected chi connectivity index (χ2v) is 8.51. The van der Waals surface area contributed by atoms with Crippen LogP contribution in [0.25, 0.3) is 11.0 Å². The van der Waals surface area contributed by atoms with E-state index in [9.17, 15) is 4.79 Å². The van der Waals surface area contributed by atoms with Crippen molar-refractivity contribution in [3.05, 3.63) is 58.3 Å². The largest absolute Gasteiger partial charge is 0.304 e. The first kappa shape index (κ1) is 18.5. The fourth-order valence-electron chi connectivity index (χ4n) is 4.34. The van der Waals surface area contributed by atoms with E-state index in [0.717, 1.165) is 49.9 Å². The number of likely N-dealkylation sites (N-methyl/N-ethyl adjacent to an activating group) is 1. The van der Waals surface area contributed by atoms with Crippen LogP contribution >= 0.6 is 0 Å². The van der Waals surface area contributed by atoms with Gasteiger partial charge in [0.25, 0.3) is 5.56 Å². The first-order valence-electron chi connectivity index (χ1n) is 10.6. The van der Waals surface area contributed by atoms with Gasteiger partial charge in [0, 0.05) is 26.2 Å². The van der Waals surface area contributed by atoms with Gasteiger partial charge < -0.3 is 4.90 Å². The molecule has 7 nitrogen and oxygen atoms in total. The van der Waals surface area contributed by atoms with Gasteiger partial charge in [-0.3, -0.25) is 19.4 Å². The minimum absolute atomic E-state index is 0.00229. The first-order valence-corrected chi connectivity index (χ1v) is 10.6. The summed E-state index contributed by atoms with van der Waals surface area (Å²) in [5, 5.41) is 7.57. The Morgan fingerprint density at radius 1 is 1.14 bits per heavy atom. The molecule has 0 radical (unpaired) electrons. The predicted octanol–water partition coefficient (Wildman–Crippen LogP) is 2.26. The highest BCUT2D eigenvalue weighted by Gasteiger charge is 2.34. The van der Waals surface area contributed by atoms with Crippen LogP contribution in [0.3, 0.4) is 0 Å². The molecule has 2 aliphatic rings. The molecule has 2 fully saturated rings. The summed E-state index contributed by atoms with van der Waals surface area (Å²) in [6.07, 6.45) is 5.26. The molecule has 3 aromatic rings. The average molecular weight is 393 g/mol. The maximum absolute atomic E-state index is 13.4. The van der Waals surface area contributed by atoms with Crippen LogP contribution in [-0.4, -0.2) is 62.8 Å². The summed E-state index contributed by atoms with van der Waals surface area (Å²) in [7, 11) is 2.17. The Balaban J connectivity index is 1.60. The van der Waals surface area contributed by atoms with Crippen molar-refractivity contribution in [1.82, 2.24) is 29.5 Å². The van der Waals surface area contributed by atoms with Crippen molar-refractivity contribution < 1.29 is 0 Å². The summed E-state index contributed by atoms with van der Waals surface area (Å²) in [4.78, 5) is 23.2. The Bertz CT molecular complexity index is 1030. The number of rotatable bonds is 6. The number of aromatic nitrogens is 4. The molecule has 1 aliphatic heterocycles. The van der Waals surface area contributed by atoms with E-state index in [1.165, 1.54) is 12.8 Å². The van der Waals surface area contributed by atoms with E-state index >= 15 is 0 Å². The SMILES string of the molecule is CN1CCN(C(CC2CC2)c2nc3[nH]ncc3c(=O)n2Cc2ccccc2)CC1. The van der Waals surface area contributed by atoms with Crippen LogP contribution in [0.1, 0.15) is 36.7 Å².